The predicted octanol–water partition coefficient (Wildman–Crippen LogP) is 4.67. The third-order valence-electron chi connectivity index (χ3n) is 5.39. The van der Waals surface area contributed by atoms with E-state index in [1.165, 1.54) is 16.4 Å². The third kappa shape index (κ3) is 4.05. The molecule has 1 heterocycles. The van der Waals surface area contributed by atoms with Gasteiger partial charge in [0.2, 0.25) is 15.9 Å². The maximum Gasteiger partial charge on any atom is 0.243 e. The number of piperidine rings is 1. The fraction of sp³-hybridized carbons (Fsp3) is 0.227. The van der Waals surface area contributed by atoms with Gasteiger partial charge in [0.25, 0.3) is 0 Å². The van der Waals surface area contributed by atoms with E-state index in [0.29, 0.717) is 12.8 Å². The second-order valence-corrected chi connectivity index (χ2v) is 9.62. The van der Waals surface area contributed by atoms with E-state index in [4.69, 9.17) is 11.6 Å². The lowest BCUT2D eigenvalue weighted by molar-refractivity contribution is -0.120. The number of carbonyl (C=O) groups is 1. The summed E-state index contributed by atoms with van der Waals surface area (Å²) in [7, 11) is -3.65. The summed E-state index contributed by atoms with van der Waals surface area (Å²) in [6.07, 6.45) is 0.724. The lowest BCUT2D eigenvalue weighted by atomic mass is 9.97. The Kier molecular flexibility index (Phi) is 5.77. The van der Waals surface area contributed by atoms with Gasteiger partial charge in [0, 0.05) is 19.0 Å². The van der Waals surface area contributed by atoms with Crippen molar-refractivity contribution in [2.45, 2.75) is 17.7 Å². The Morgan fingerprint density at radius 1 is 1.00 bits per heavy atom. The van der Waals surface area contributed by atoms with Gasteiger partial charge in [-0.05, 0) is 47.9 Å². The van der Waals surface area contributed by atoms with Gasteiger partial charge in [-0.2, -0.15) is 4.31 Å². The Morgan fingerprint density at radius 3 is 2.43 bits per heavy atom. The molecule has 1 saturated heterocycles. The van der Waals surface area contributed by atoms with E-state index in [9.17, 15) is 17.6 Å². The van der Waals surface area contributed by atoms with Crippen LogP contribution in [0.4, 0.5) is 10.1 Å². The fourth-order valence-electron chi connectivity index (χ4n) is 3.67. The maximum atomic E-state index is 14.0. The highest BCUT2D eigenvalue weighted by molar-refractivity contribution is 7.89. The van der Waals surface area contributed by atoms with Crippen molar-refractivity contribution in [3.05, 3.63) is 71.5 Å². The van der Waals surface area contributed by atoms with E-state index in [2.05, 4.69) is 5.32 Å². The number of anilines is 1. The molecule has 0 saturated carbocycles. The maximum absolute atomic E-state index is 14.0. The predicted molar refractivity (Wildman–Crippen MR) is 115 cm³/mol. The molecule has 1 amide bonds. The third-order valence-corrected chi connectivity index (χ3v) is 7.58. The quantitative estimate of drug-likeness (QED) is 0.633. The molecule has 0 atom stereocenters. The number of hydrogen-bond donors (Lipinski definition) is 1. The SMILES string of the molecule is O=C(Nc1cccc(Cl)c1F)C1CCN(S(=O)(=O)c2ccc3ccccc3c2)CC1. The molecule has 3 aromatic rings. The molecule has 1 fully saturated rings. The van der Waals surface area contributed by atoms with E-state index < -0.39 is 21.8 Å². The van der Waals surface area contributed by atoms with E-state index >= 15 is 0 Å². The highest BCUT2D eigenvalue weighted by atomic mass is 35.5. The molecule has 4 rings (SSSR count). The number of sulfonamides is 1. The molecule has 1 aliphatic heterocycles. The van der Waals surface area contributed by atoms with Gasteiger partial charge in [-0.1, -0.05) is 48.0 Å². The molecule has 0 aliphatic carbocycles. The van der Waals surface area contributed by atoms with Crippen molar-refractivity contribution in [2.75, 3.05) is 18.4 Å². The Balaban J connectivity index is 1.44. The van der Waals surface area contributed by atoms with Crippen molar-refractivity contribution in [3.63, 3.8) is 0 Å². The first-order valence-electron chi connectivity index (χ1n) is 9.60. The largest absolute Gasteiger partial charge is 0.323 e. The number of amides is 1. The molecular formula is C22H20ClFN2O3S. The summed E-state index contributed by atoms with van der Waals surface area (Å²) >= 11 is 5.75. The summed E-state index contributed by atoms with van der Waals surface area (Å²) in [5, 5.41) is 4.32. The standard InChI is InChI=1S/C22H20ClFN2O3S/c23-19-6-3-7-20(21(19)24)25-22(27)16-10-12-26(13-11-16)30(28,29)18-9-8-15-4-1-2-5-17(15)14-18/h1-9,14,16H,10-13H2,(H,25,27). The lowest BCUT2D eigenvalue weighted by Crippen LogP contribution is -2.41. The van der Waals surface area contributed by atoms with Crippen LogP contribution in [0.5, 0.6) is 0 Å². The van der Waals surface area contributed by atoms with Crippen LogP contribution in [0.3, 0.4) is 0 Å². The van der Waals surface area contributed by atoms with Crippen molar-refractivity contribution >= 4 is 44.0 Å². The highest BCUT2D eigenvalue weighted by Gasteiger charge is 2.32. The van der Waals surface area contributed by atoms with Crippen molar-refractivity contribution in [1.29, 1.82) is 0 Å². The zero-order chi connectivity index (χ0) is 21.3. The minimum absolute atomic E-state index is 0.0266. The van der Waals surface area contributed by atoms with E-state index in [-0.39, 0.29) is 34.6 Å². The van der Waals surface area contributed by atoms with Gasteiger partial charge < -0.3 is 5.32 Å². The molecule has 1 N–H and O–H groups in total. The molecule has 3 aromatic carbocycles. The number of benzene rings is 3. The van der Waals surface area contributed by atoms with E-state index in [1.807, 2.05) is 24.3 Å². The number of halogens is 2. The van der Waals surface area contributed by atoms with Gasteiger partial charge in [-0.25, -0.2) is 12.8 Å². The van der Waals surface area contributed by atoms with Gasteiger partial charge in [0.15, 0.2) is 5.82 Å². The summed E-state index contributed by atoms with van der Waals surface area (Å²) in [4.78, 5) is 12.8. The van der Waals surface area contributed by atoms with E-state index in [0.717, 1.165) is 10.8 Å². The summed E-state index contributed by atoms with van der Waals surface area (Å²) in [6.45, 7) is 0.455. The molecule has 0 bridgehead atoms. The Labute approximate surface area is 179 Å². The van der Waals surface area contributed by atoms with Crippen molar-refractivity contribution < 1.29 is 17.6 Å². The number of rotatable bonds is 4. The smallest absolute Gasteiger partial charge is 0.243 e. The Hall–Kier alpha value is -2.48. The monoisotopic (exact) mass is 446 g/mol. The van der Waals surface area contributed by atoms with Crippen molar-refractivity contribution in [3.8, 4) is 0 Å². The number of nitrogens with one attached hydrogen (secondary N) is 1. The molecule has 0 unspecified atom stereocenters. The van der Waals surface area contributed by atoms with Crippen LogP contribution in [0.25, 0.3) is 10.8 Å². The molecule has 30 heavy (non-hydrogen) atoms. The zero-order valence-corrected chi connectivity index (χ0v) is 17.6. The topological polar surface area (TPSA) is 66.5 Å². The van der Waals surface area contributed by atoms with Crippen LogP contribution in [0.1, 0.15) is 12.8 Å². The highest BCUT2D eigenvalue weighted by Crippen LogP contribution is 2.28. The van der Waals surface area contributed by atoms with Crippen LogP contribution < -0.4 is 5.32 Å². The first kappa shape index (κ1) is 20.8. The second kappa shape index (κ2) is 8.34. The van der Waals surface area contributed by atoms with Crippen LogP contribution in [0.2, 0.25) is 5.02 Å². The molecule has 5 nitrogen and oxygen atoms in total. The van der Waals surface area contributed by atoms with Gasteiger partial charge in [-0.3, -0.25) is 4.79 Å². The number of carbonyl (C=O) groups excluding carboxylic acids is 1. The first-order chi connectivity index (χ1) is 14.4. The molecule has 1 aliphatic rings. The van der Waals surface area contributed by atoms with E-state index in [1.54, 1.807) is 24.3 Å². The summed E-state index contributed by atoms with van der Waals surface area (Å²) in [6, 6.07) is 17.1. The van der Waals surface area contributed by atoms with Crippen molar-refractivity contribution in [1.82, 2.24) is 4.31 Å². The fourth-order valence-corrected chi connectivity index (χ4v) is 5.35. The van der Waals surface area contributed by atoms with Gasteiger partial charge >= 0.3 is 0 Å². The minimum Gasteiger partial charge on any atom is -0.323 e. The summed E-state index contributed by atoms with van der Waals surface area (Å²) in [5.41, 5.74) is 0.0266. The molecule has 0 spiro atoms. The van der Waals surface area contributed by atoms with Crippen LogP contribution >= 0.6 is 11.6 Å². The minimum atomic E-state index is -3.65. The average molecular weight is 447 g/mol. The zero-order valence-electron chi connectivity index (χ0n) is 16.0. The average Bonchev–Trinajstić information content (AvgIpc) is 2.76. The molecule has 0 radical (unpaired) electrons. The van der Waals surface area contributed by atoms with Gasteiger partial charge in [0.05, 0.1) is 15.6 Å². The van der Waals surface area contributed by atoms with Crippen molar-refractivity contribution in [2.24, 2.45) is 5.92 Å². The van der Waals surface area contributed by atoms with Crippen LogP contribution in [0.15, 0.2) is 65.6 Å². The number of nitrogens with zero attached hydrogens (tertiary/aromatic N) is 1. The first-order valence-corrected chi connectivity index (χ1v) is 11.4. The van der Waals surface area contributed by atoms with Crippen LogP contribution in [0, 0.1) is 11.7 Å². The second-order valence-electron chi connectivity index (χ2n) is 7.28. The van der Waals surface area contributed by atoms with Crippen LogP contribution in [-0.2, 0) is 14.8 Å². The Bertz CT molecular complexity index is 1210. The summed E-state index contributed by atoms with van der Waals surface area (Å²) in [5.74, 6) is -1.41. The summed E-state index contributed by atoms with van der Waals surface area (Å²) < 4.78 is 41.5. The normalized spacial score (nSPS) is 15.9. The number of fused-ring (bicyclic) bond motifs is 1. The number of hydrogen-bond acceptors (Lipinski definition) is 3. The molecule has 0 aromatic heterocycles. The van der Waals surface area contributed by atoms with Gasteiger partial charge in [0.1, 0.15) is 0 Å². The van der Waals surface area contributed by atoms with Gasteiger partial charge in [-0.15, -0.1) is 0 Å². The lowest BCUT2D eigenvalue weighted by Gasteiger charge is -2.30. The Morgan fingerprint density at radius 2 is 1.70 bits per heavy atom. The molecule has 156 valence electrons. The molecule has 8 heteroatoms. The molecular weight excluding hydrogens is 427 g/mol. The van der Waals surface area contributed by atoms with Crippen LogP contribution in [-0.4, -0.2) is 31.7 Å².